The van der Waals surface area contributed by atoms with Crippen molar-refractivity contribution < 1.29 is 18.7 Å². The maximum atomic E-state index is 12.7. The average molecular weight is 208 g/mol. The molecule has 1 aliphatic heterocycles. The van der Waals surface area contributed by atoms with Gasteiger partial charge in [0.1, 0.15) is 6.04 Å². The highest BCUT2D eigenvalue weighted by Gasteiger charge is 2.37. The number of hydrogen-bond donors (Lipinski definition) is 2. The number of hydrogen-bond acceptors (Lipinski definition) is 3. The van der Waals surface area contributed by atoms with E-state index >= 15 is 0 Å². The Morgan fingerprint density at radius 1 is 1.64 bits per heavy atom. The molecule has 0 bridgehead atoms. The van der Waals surface area contributed by atoms with Crippen molar-refractivity contribution in [2.24, 2.45) is 5.73 Å². The molecule has 1 heterocycles. The maximum Gasteiger partial charge on any atom is 0.320 e. The van der Waals surface area contributed by atoms with E-state index in [1.165, 1.54) is 0 Å². The van der Waals surface area contributed by atoms with Gasteiger partial charge in [-0.1, -0.05) is 0 Å². The summed E-state index contributed by atoms with van der Waals surface area (Å²) >= 11 is 0. The SMILES string of the molecule is NC(CCN1CCC(F)(F)C1)C(=O)O. The lowest BCUT2D eigenvalue weighted by atomic mass is 10.2. The number of nitrogens with two attached hydrogens (primary N) is 1. The van der Waals surface area contributed by atoms with Crippen LogP contribution in [0.3, 0.4) is 0 Å². The normalized spacial score (nSPS) is 23.6. The third-order valence-corrected chi connectivity index (χ3v) is 2.32. The Balaban J connectivity index is 2.24. The molecule has 4 nitrogen and oxygen atoms in total. The highest BCUT2D eigenvalue weighted by Crippen LogP contribution is 2.26. The number of halogens is 2. The predicted molar refractivity (Wildman–Crippen MR) is 46.2 cm³/mol. The van der Waals surface area contributed by atoms with Crippen molar-refractivity contribution in [2.75, 3.05) is 19.6 Å². The van der Waals surface area contributed by atoms with Crippen LogP contribution in [0.15, 0.2) is 0 Å². The second-order valence-corrected chi connectivity index (χ2v) is 3.62. The van der Waals surface area contributed by atoms with Gasteiger partial charge in [-0.3, -0.25) is 9.69 Å². The molecule has 1 atom stereocenters. The van der Waals surface area contributed by atoms with E-state index < -0.39 is 17.9 Å². The number of carbonyl (C=O) groups is 1. The quantitative estimate of drug-likeness (QED) is 0.689. The summed E-state index contributed by atoms with van der Waals surface area (Å²) in [6.07, 6.45) is 0.0702. The molecule has 0 radical (unpaired) electrons. The van der Waals surface area contributed by atoms with Crippen molar-refractivity contribution in [3.8, 4) is 0 Å². The molecular weight excluding hydrogens is 194 g/mol. The zero-order valence-electron chi connectivity index (χ0n) is 7.75. The van der Waals surface area contributed by atoms with E-state index in [0.29, 0.717) is 13.1 Å². The van der Waals surface area contributed by atoms with Gasteiger partial charge in [0.25, 0.3) is 5.92 Å². The highest BCUT2D eigenvalue weighted by molar-refractivity contribution is 5.72. The van der Waals surface area contributed by atoms with Crippen molar-refractivity contribution in [1.29, 1.82) is 0 Å². The van der Waals surface area contributed by atoms with Crippen LogP contribution in [0.1, 0.15) is 12.8 Å². The third kappa shape index (κ3) is 3.19. The molecule has 6 heteroatoms. The van der Waals surface area contributed by atoms with Gasteiger partial charge in [-0.15, -0.1) is 0 Å². The molecule has 82 valence electrons. The second kappa shape index (κ2) is 4.18. The lowest BCUT2D eigenvalue weighted by Crippen LogP contribution is -2.35. The molecule has 0 amide bonds. The number of aliphatic carboxylic acids is 1. The standard InChI is InChI=1S/C8H14F2N2O2/c9-8(10)2-4-12(5-8)3-1-6(11)7(13)14/h6H,1-5,11H2,(H,13,14). The van der Waals surface area contributed by atoms with Gasteiger partial charge in [0.2, 0.25) is 0 Å². The molecule has 0 saturated carbocycles. The summed E-state index contributed by atoms with van der Waals surface area (Å²) < 4.78 is 25.4. The Kier molecular flexibility index (Phi) is 3.38. The lowest BCUT2D eigenvalue weighted by molar-refractivity contribution is -0.138. The molecule has 0 aromatic carbocycles. The minimum Gasteiger partial charge on any atom is -0.480 e. The lowest BCUT2D eigenvalue weighted by Gasteiger charge is -2.16. The summed E-state index contributed by atoms with van der Waals surface area (Å²) in [6.45, 7) is 0.363. The van der Waals surface area contributed by atoms with Crippen LogP contribution in [-0.4, -0.2) is 47.6 Å². The van der Waals surface area contributed by atoms with Crippen LogP contribution in [0, 0.1) is 0 Å². The number of carboxylic acids is 1. The van der Waals surface area contributed by atoms with Crippen molar-refractivity contribution >= 4 is 5.97 Å². The van der Waals surface area contributed by atoms with Gasteiger partial charge < -0.3 is 10.8 Å². The molecule has 1 rings (SSSR count). The smallest absolute Gasteiger partial charge is 0.320 e. The monoisotopic (exact) mass is 208 g/mol. The van der Waals surface area contributed by atoms with Crippen LogP contribution in [-0.2, 0) is 4.79 Å². The molecule has 1 unspecified atom stereocenters. The van der Waals surface area contributed by atoms with Crippen molar-refractivity contribution in [3.63, 3.8) is 0 Å². The topological polar surface area (TPSA) is 66.6 Å². The molecule has 0 spiro atoms. The molecular formula is C8H14F2N2O2. The van der Waals surface area contributed by atoms with Gasteiger partial charge in [0, 0.05) is 19.5 Å². The Morgan fingerprint density at radius 3 is 2.71 bits per heavy atom. The van der Waals surface area contributed by atoms with Crippen LogP contribution < -0.4 is 5.73 Å². The van der Waals surface area contributed by atoms with Gasteiger partial charge in [-0.25, -0.2) is 8.78 Å². The molecule has 3 N–H and O–H groups in total. The van der Waals surface area contributed by atoms with E-state index in [1.54, 1.807) is 4.90 Å². The van der Waals surface area contributed by atoms with Gasteiger partial charge >= 0.3 is 5.97 Å². The van der Waals surface area contributed by atoms with Crippen LogP contribution >= 0.6 is 0 Å². The van der Waals surface area contributed by atoms with Crippen molar-refractivity contribution in [1.82, 2.24) is 4.90 Å². The van der Waals surface area contributed by atoms with Crippen molar-refractivity contribution in [3.05, 3.63) is 0 Å². The number of nitrogens with zero attached hydrogens (tertiary/aromatic N) is 1. The second-order valence-electron chi connectivity index (χ2n) is 3.62. The summed E-state index contributed by atoms with van der Waals surface area (Å²) in [4.78, 5) is 11.9. The van der Waals surface area contributed by atoms with Crippen LogP contribution in [0.5, 0.6) is 0 Å². The van der Waals surface area contributed by atoms with Crippen LogP contribution in [0.25, 0.3) is 0 Å². The minimum atomic E-state index is -2.62. The summed E-state index contributed by atoms with van der Waals surface area (Å²) in [7, 11) is 0. The Hall–Kier alpha value is -0.750. The largest absolute Gasteiger partial charge is 0.480 e. The number of likely N-dealkylation sites (tertiary alicyclic amines) is 1. The molecule has 0 aromatic heterocycles. The molecule has 1 fully saturated rings. The van der Waals surface area contributed by atoms with Gasteiger partial charge in [-0.05, 0) is 6.42 Å². The van der Waals surface area contributed by atoms with E-state index in [1.807, 2.05) is 0 Å². The first kappa shape index (κ1) is 11.3. The fraction of sp³-hybridized carbons (Fsp3) is 0.875. The molecule has 14 heavy (non-hydrogen) atoms. The average Bonchev–Trinajstić information content (AvgIpc) is 2.41. The van der Waals surface area contributed by atoms with Gasteiger partial charge in [0.15, 0.2) is 0 Å². The number of carboxylic acid groups (broad SMARTS) is 1. The number of rotatable bonds is 4. The molecule has 0 aliphatic carbocycles. The number of alkyl halides is 2. The zero-order chi connectivity index (χ0) is 10.8. The fourth-order valence-electron chi connectivity index (χ4n) is 1.44. The first-order valence-electron chi connectivity index (χ1n) is 4.49. The predicted octanol–water partition coefficient (Wildman–Crippen LogP) is 0.129. The van der Waals surface area contributed by atoms with Crippen LogP contribution in [0.2, 0.25) is 0 Å². The highest BCUT2D eigenvalue weighted by atomic mass is 19.3. The van der Waals surface area contributed by atoms with Crippen molar-refractivity contribution in [2.45, 2.75) is 24.8 Å². The third-order valence-electron chi connectivity index (χ3n) is 2.32. The van der Waals surface area contributed by atoms with E-state index in [2.05, 4.69) is 0 Å². The first-order valence-corrected chi connectivity index (χ1v) is 4.49. The summed E-state index contributed by atoms with van der Waals surface area (Å²) in [5.74, 6) is -3.70. The first-order chi connectivity index (χ1) is 6.41. The molecule has 1 saturated heterocycles. The summed E-state index contributed by atoms with van der Waals surface area (Å²) in [5.41, 5.74) is 5.25. The molecule has 1 aliphatic rings. The summed E-state index contributed by atoms with van der Waals surface area (Å²) in [5, 5.41) is 8.47. The Bertz CT molecular complexity index is 223. The zero-order valence-corrected chi connectivity index (χ0v) is 7.75. The Labute approximate surface area is 80.7 Å². The Morgan fingerprint density at radius 2 is 2.29 bits per heavy atom. The van der Waals surface area contributed by atoms with Gasteiger partial charge in [-0.2, -0.15) is 0 Å². The minimum absolute atomic E-state index is 0.144. The van der Waals surface area contributed by atoms with Gasteiger partial charge in [0.05, 0.1) is 6.54 Å². The fourth-order valence-corrected chi connectivity index (χ4v) is 1.44. The van der Waals surface area contributed by atoms with E-state index in [-0.39, 0.29) is 19.4 Å². The van der Waals surface area contributed by atoms with E-state index in [0.717, 1.165) is 0 Å². The van der Waals surface area contributed by atoms with E-state index in [9.17, 15) is 13.6 Å². The van der Waals surface area contributed by atoms with E-state index in [4.69, 9.17) is 10.8 Å². The van der Waals surface area contributed by atoms with Crippen LogP contribution in [0.4, 0.5) is 8.78 Å². The summed E-state index contributed by atoms with van der Waals surface area (Å²) in [6, 6.07) is -0.954. The maximum absolute atomic E-state index is 12.7. The molecule has 0 aromatic rings.